The molecular formula is C12H13BrN2O5. The number of halogens is 1. The van der Waals surface area contributed by atoms with E-state index in [0.717, 1.165) is 0 Å². The number of hydrogen-bond donors (Lipinski definition) is 2. The Morgan fingerprint density at radius 2 is 2.15 bits per heavy atom. The van der Waals surface area contributed by atoms with Gasteiger partial charge in [-0.2, -0.15) is 0 Å². The fourth-order valence-corrected chi connectivity index (χ4v) is 1.61. The molecule has 1 atom stereocenters. The van der Waals surface area contributed by atoms with Gasteiger partial charge in [-0.1, -0.05) is 0 Å². The Morgan fingerprint density at radius 1 is 1.45 bits per heavy atom. The van der Waals surface area contributed by atoms with Gasteiger partial charge in [-0.05, 0) is 34.5 Å². The minimum absolute atomic E-state index is 0.0439. The van der Waals surface area contributed by atoms with Crippen LogP contribution in [0.5, 0.6) is 0 Å². The van der Waals surface area contributed by atoms with Gasteiger partial charge < -0.3 is 15.2 Å². The highest BCUT2D eigenvalue weighted by Crippen LogP contribution is 2.07. The van der Waals surface area contributed by atoms with Crippen LogP contribution in [0.3, 0.4) is 0 Å². The van der Waals surface area contributed by atoms with Crippen molar-refractivity contribution in [2.45, 2.75) is 18.9 Å². The number of rotatable bonds is 6. The zero-order chi connectivity index (χ0) is 15.1. The molecule has 20 heavy (non-hydrogen) atoms. The highest BCUT2D eigenvalue weighted by atomic mass is 79.9. The van der Waals surface area contributed by atoms with Crippen LogP contribution in [-0.4, -0.2) is 41.1 Å². The lowest BCUT2D eigenvalue weighted by atomic mass is 10.1. The Hall–Kier alpha value is -1.96. The molecule has 1 rings (SSSR count). The van der Waals surface area contributed by atoms with E-state index in [2.05, 4.69) is 31.0 Å². The Balaban J connectivity index is 2.65. The summed E-state index contributed by atoms with van der Waals surface area (Å²) in [7, 11) is 1.21. The Morgan fingerprint density at radius 3 is 2.65 bits per heavy atom. The monoisotopic (exact) mass is 344 g/mol. The van der Waals surface area contributed by atoms with E-state index in [0.29, 0.717) is 4.60 Å². The molecule has 0 aromatic carbocycles. The van der Waals surface area contributed by atoms with Crippen LogP contribution in [0.4, 0.5) is 0 Å². The largest absolute Gasteiger partial charge is 0.480 e. The van der Waals surface area contributed by atoms with E-state index >= 15 is 0 Å². The minimum Gasteiger partial charge on any atom is -0.480 e. The van der Waals surface area contributed by atoms with E-state index < -0.39 is 23.9 Å². The van der Waals surface area contributed by atoms with Crippen LogP contribution >= 0.6 is 15.9 Å². The molecule has 0 saturated carbocycles. The Bertz CT molecular complexity index is 503. The summed E-state index contributed by atoms with van der Waals surface area (Å²) in [6.07, 6.45) is 1.18. The molecule has 1 aromatic heterocycles. The first-order valence-electron chi connectivity index (χ1n) is 5.66. The Labute approximate surface area is 123 Å². The van der Waals surface area contributed by atoms with Crippen LogP contribution in [0, 0.1) is 0 Å². The standard InChI is InChI=1S/C12H13BrN2O5/c1-20-10(16)5-3-8(12(18)19)15-11(17)7-2-4-9(13)14-6-7/h2,4,6,8H,3,5H2,1H3,(H,15,17)(H,18,19). The van der Waals surface area contributed by atoms with Gasteiger partial charge in [0.1, 0.15) is 10.6 Å². The second-order valence-electron chi connectivity index (χ2n) is 3.85. The number of methoxy groups -OCH3 is 1. The molecule has 108 valence electrons. The molecule has 0 saturated heterocycles. The van der Waals surface area contributed by atoms with Gasteiger partial charge in [0.15, 0.2) is 0 Å². The van der Waals surface area contributed by atoms with Crippen molar-refractivity contribution < 1.29 is 24.2 Å². The molecule has 1 heterocycles. The number of carbonyl (C=O) groups excluding carboxylic acids is 2. The van der Waals surface area contributed by atoms with Crippen molar-refractivity contribution in [1.82, 2.24) is 10.3 Å². The molecule has 0 aliphatic carbocycles. The number of carboxylic acid groups (broad SMARTS) is 1. The number of carboxylic acids is 1. The van der Waals surface area contributed by atoms with Crippen LogP contribution in [-0.2, 0) is 14.3 Å². The van der Waals surface area contributed by atoms with Crippen molar-refractivity contribution >= 4 is 33.8 Å². The molecule has 0 bridgehead atoms. The molecule has 2 N–H and O–H groups in total. The zero-order valence-electron chi connectivity index (χ0n) is 10.6. The molecule has 0 aliphatic rings. The van der Waals surface area contributed by atoms with E-state index in [1.54, 1.807) is 6.07 Å². The van der Waals surface area contributed by atoms with Gasteiger partial charge in [0.2, 0.25) is 0 Å². The average molecular weight is 345 g/mol. The summed E-state index contributed by atoms with van der Waals surface area (Å²) < 4.78 is 4.99. The normalized spacial score (nSPS) is 11.5. The number of nitrogens with one attached hydrogen (secondary N) is 1. The number of aromatic nitrogens is 1. The summed E-state index contributed by atoms with van der Waals surface area (Å²) in [4.78, 5) is 37.7. The summed E-state index contributed by atoms with van der Waals surface area (Å²) in [5.74, 6) is -2.31. The second kappa shape index (κ2) is 7.59. The molecule has 0 aliphatic heterocycles. The number of carbonyl (C=O) groups is 3. The number of hydrogen-bond acceptors (Lipinski definition) is 5. The summed E-state index contributed by atoms with van der Waals surface area (Å²) >= 11 is 3.13. The maximum atomic E-state index is 11.8. The van der Waals surface area contributed by atoms with Crippen LogP contribution in [0.15, 0.2) is 22.9 Å². The van der Waals surface area contributed by atoms with Crippen LogP contribution < -0.4 is 5.32 Å². The second-order valence-corrected chi connectivity index (χ2v) is 4.66. The van der Waals surface area contributed by atoms with Gasteiger partial charge in [-0.15, -0.1) is 0 Å². The number of aliphatic carboxylic acids is 1. The number of amides is 1. The number of esters is 1. The van der Waals surface area contributed by atoms with Gasteiger partial charge >= 0.3 is 11.9 Å². The van der Waals surface area contributed by atoms with Gasteiger partial charge in [-0.3, -0.25) is 9.59 Å². The maximum absolute atomic E-state index is 11.8. The highest BCUT2D eigenvalue weighted by molar-refractivity contribution is 9.10. The summed E-state index contributed by atoms with van der Waals surface area (Å²) in [6, 6.07) is 1.91. The molecule has 1 unspecified atom stereocenters. The predicted octanol–water partition coefficient (Wildman–Crippen LogP) is 0.980. The smallest absolute Gasteiger partial charge is 0.326 e. The maximum Gasteiger partial charge on any atom is 0.326 e. The van der Waals surface area contributed by atoms with Crippen molar-refractivity contribution in [1.29, 1.82) is 0 Å². The van der Waals surface area contributed by atoms with Crippen LogP contribution in [0.25, 0.3) is 0 Å². The van der Waals surface area contributed by atoms with Crippen molar-refractivity contribution in [2.75, 3.05) is 7.11 Å². The van der Waals surface area contributed by atoms with E-state index in [1.165, 1.54) is 19.4 Å². The lowest BCUT2D eigenvalue weighted by molar-refractivity contribution is -0.142. The average Bonchev–Trinajstić information content (AvgIpc) is 2.43. The lowest BCUT2D eigenvalue weighted by Gasteiger charge is -2.13. The zero-order valence-corrected chi connectivity index (χ0v) is 12.2. The molecule has 0 fully saturated rings. The number of pyridine rings is 1. The molecule has 7 nitrogen and oxygen atoms in total. The van der Waals surface area contributed by atoms with Crippen molar-refractivity contribution in [3.05, 3.63) is 28.5 Å². The number of ether oxygens (including phenoxy) is 1. The lowest BCUT2D eigenvalue weighted by Crippen LogP contribution is -2.41. The Kier molecular flexibility index (Phi) is 6.10. The molecule has 1 aromatic rings. The van der Waals surface area contributed by atoms with E-state index in [9.17, 15) is 14.4 Å². The minimum atomic E-state index is -1.22. The molecule has 8 heteroatoms. The van der Waals surface area contributed by atoms with E-state index in [-0.39, 0.29) is 18.4 Å². The topological polar surface area (TPSA) is 106 Å². The molecular weight excluding hydrogens is 332 g/mol. The fraction of sp³-hybridized carbons (Fsp3) is 0.333. The van der Waals surface area contributed by atoms with Gasteiger partial charge in [0, 0.05) is 12.6 Å². The SMILES string of the molecule is COC(=O)CCC(NC(=O)c1ccc(Br)nc1)C(=O)O. The summed E-state index contributed by atoms with van der Waals surface area (Å²) in [6.45, 7) is 0. The van der Waals surface area contributed by atoms with E-state index in [4.69, 9.17) is 5.11 Å². The third kappa shape index (κ3) is 4.96. The molecule has 0 radical (unpaired) electrons. The first kappa shape index (κ1) is 16.1. The quantitative estimate of drug-likeness (QED) is 0.588. The molecule has 0 spiro atoms. The van der Waals surface area contributed by atoms with Crippen molar-refractivity contribution in [3.63, 3.8) is 0 Å². The first-order valence-corrected chi connectivity index (χ1v) is 6.45. The van der Waals surface area contributed by atoms with Crippen LogP contribution in [0.2, 0.25) is 0 Å². The van der Waals surface area contributed by atoms with Gasteiger partial charge in [0.25, 0.3) is 5.91 Å². The van der Waals surface area contributed by atoms with E-state index in [1.807, 2.05) is 0 Å². The first-order chi connectivity index (χ1) is 9.43. The molecule has 1 amide bonds. The number of nitrogens with zero attached hydrogens (tertiary/aromatic N) is 1. The predicted molar refractivity (Wildman–Crippen MR) is 72.1 cm³/mol. The van der Waals surface area contributed by atoms with Gasteiger partial charge in [-0.25, -0.2) is 9.78 Å². The summed E-state index contributed by atoms with van der Waals surface area (Å²) in [5.41, 5.74) is 0.234. The van der Waals surface area contributed by atoms with Crippen molar-refractivity contribution in [2.24, 2.45) is 0 Å². The van der Waals surface area contributed by atoms with Crippen molar-refractivity contribution in [3.8, 4) is 0 Å². The highest BCUT2D eigenvalue weighted by Gasteiger charge is 2.21. The van der Waals surface area contributed by atoms with Gasteiger partial charge in [0.05, 0.1) is 12.7 Å². The fourth-order valence-electron chi connectivity index (χ4n) is 1.37. The van der Waals surface area contributed by atoms with Crippen LogP contribution in [0.1, 0.15) is 23.2 Å². The third-order valence-electron chi connectivity index (χ3n) is 2.46. The third-order valence-corrected chi connectivity index (χ3v) is 2.93. The summed E-state index contributed by atoms with van der Waals surface area (Å²) in [5, 5.41) is 11.3.